The average molecular weight is 267 g/mol. The maximum absolute atomic E-state index is 5.67. The molecule has 0 bridgehead atoms. The van der Waals surface area contributed by atoms with E-state index < -0.39 is 6.49 Å². The van der Waals surface area contributed by atoms with Gasteiger partial charge in [-0.25, -0.2) is 0 Å². The molecule has 0 spiro atoms. The zero-order chi connectivity index (χ0) is 12.4. The summed E-state index contributed by atoms with van der Waals surface area (Å²) in [7, 11) is 0. The van der Waals surface area contributed by atoms with Crippen molar-refractivity contribution in [2.75, 3.05) is 39.5 Å². The largest absolute Gasteiger partial charge is 0.329 e. The van der Waals surface area contributed by atoms with Gasteiger partial charge in [0.15, 0.2) is 6.49 Å². The summed E-state index contributed by atoms with van der Waals surface area (Å²) >= 11 is 5.33. The van der Waals surface area contributed by atoms with Crippen molar-refractivity contribution >= 4 is 18.3 Å². The molecule has 98 valence electrons. The molecule has 0 aromatic carbocycles. The van der Waals surface area contributed by atoms with Crippen LogP contribution in [0.2, 0.25) is 0 Å². The van der Waals surface area contributed by atoms with Crippen molar-refractivity contribution in [2.24, 2.45) is 0 Å². The van der Waals surface area contributed by atoms with E-state index in [2.05, 4.69) is 25.7 Å². The van der Waals surface area contributed by atoms with Gasteiger partial charge in [0.05, 0.1) is 13.2 Å². The zero-order valence-electron chi connectivity index (χ0n) is 11.1. The van der Waals surface area contributed by atoms with Gasteiger partial charge in [0.25, 0.3) is 0 Å². The van der Waals surface area contributed by atoms with Gasteiger partial charge in [-0.05, 0) is 31.3 Å². The number of likely N-dealkylation sites (N-methyl/N-ethyl adjacent to an activating group) is 1. The summed E-state index contributed by atoms with van der Waals surface area (Å²) in [4.78, 5) is 2.32. The molecule has 0 aliphatic rings. The summed E-state index contributed by atoms with van der Waals surface area (Å²) < 4.78 is 11.3. The smallest absolute Gasteiger partial charge is 0.185 e. The Morgan fingerprint density at radius 1 is 1.06 bits per heavy atom. The summed E-state index contributed by atoms with van der Waals surface area (Å²) in [6, 6.07) is 0. The van der Waals surface area contributed by atoms with Gasteiger partial charge in [0.1, 0.15) is 0 Å². The van der Waals surface area contributed by atoms with Gasteiger partial charge < -0.3 is 13.9 Å². The summed E-state index contributed by atoms with van der Waals surface area (Å²) in [5.41, 5.74) is 0. The Labute approximate surface area is 106 Å². The lowest BCUT2D eigenvalue weighted by atomic mass is 10.4. The molecule has 0 saturated heterocycles. The van der Waals surface area contributed by atoms with Crippen molar-refractivity contribution in [2.45, 2.75) is 33.6 Å². The van der Waals surface area contributed by atoms with Crippen molar-refractivity contribution in [3.63, 3.8) is 0 Å². The van der Waals surface area contributed by atoms with E-state index in [1.165, 1.54) is 0 Å². The third-order valence-corrected chi connectivity index (χ3v) is 4.39. The highest BCUT2D eigenvalue weighted by Crippen LogP contribution is 2.44. The first-order valence-corrected chi connectivity index (χ1v) is 9.23. The van der Waals surface area contributed by atoms with Crippen LogP contribution in [0.1, 0.15) is 33.6 Å². The van der Waals surface area contributed by atoms with E-state index in [9.17, 15) is 0 Å². The molecule has 0 rings (SSSR count). The number of rotatable bonds is 10. The minimum Gasteiger partial charge on any atom is -0.329 e. The highest BCUT2D eigenvalue weighted by molar-refractivity contribution is 8.09. The summed E-state index contributed by atoms with van der Waals surface area (Å²) in [6.07, 6.45) is 2.19. The van der Waals surface area contributed by atoms with Crippen molar-refractivity contribution in [3.05, 3.63) is 0 Å². The minimum absolute atomic E-state index is 0.682. The summed E-state index contributed by atoms with van der Waals surface area (Å²) in [6.45, 7) is 10.9. The van der Waals surface area contributed by atoms with Crippen LogP contribution in [0.4, 0.5) is 0 Å². The van der Waals surface area contributed by atoms with E-state index in [4.69, 9.17) is 20.9 Å². The lowest BCUT2D eigenvalue weighted by molar-refractivity contribution is 0.203. The van der Waals surface area contributed by atoms with Crippen LogP contribution >= 0.6 is 6.49 Å². The van der Waals surface area contributed by atoms with E-state index in [0.717, 1.165) is 39.1 Å². The van der Waals surface area contributed by atoms with Gasteiger partial charge >= 0.3 is 0 Å². The molecule has 0 saturated carbocycles. The van der Waals surface area contributed by atoms with E-state index in [1.807, 2.05) is 6.66 Å². The fourth-order valence-electron chi connectivity index (χ4n) is 1.29. The second-order valence-electron chi connectivity index (χ2n) is 3.82. The molecule has 0 fully saturated rings. The van der Waals surface area contributed by atoms with Crippen molar-refractivity contribution in [3.8, 4) is 0 Å². The number of nitrogens with zero attached hydrogens (tertiary/aromatic N) is 1. The molecule has 0 aliphatic carbocycles. The second-order valence-corrected chi connectivity index (χ2v) is 7.87. The SMILES string of the molecule is CCCCOP(C)(=S)OCCN(CC)CC. The highest BCUT2D eigenvalue weighted by Gasteiger charge is 2.11. The Balaban J connectivity index is 3.68. The fraction of sp³-hybridized carbons (Fsp3) is 1.00. The lowest BCUT2D eigenvalue weighted by Gasteiger charge is -2.21. The molecule has 5 heteroatoms. The quantitative estimate of drug-likeness (QED) is 0.448. The van der Waals surface area contributed by atoms with Crippen LogP contribution < -0.4 is 0 Å². The van der Waals surface area contributed by atoms with E-state index in [1.54, 1.807) is 0 Å². The van der Waals surface area contributed by atoms with Crippen LogP contribution in [0, 0.1) is 0 Å². The monoisotopic (exact) mass is 267 g/mol. The van der Waals surface area contributed by atoms with Gasteiger partial charge in [0, 0.05) is 13.2 Å². The number of hydrogen-bond acceptors (Lipinski definition) is 4. The average Bonchev–Trinajstić information content (AvgIpc) is 2.24. The maximum Gasteiger partial charge on any atom is 0.185 e. The van der Waals surface area contributed by atoms with E-state index >= 15 is 0 Å². The van der Waals surface area contributed by atoms with Crippen LogP contribution in [-0.2, 0) is 20.9 Å². The molecule has 16 heavy (non-hydrogen) atoms. The van der Waals surface area contributed by atoms with E-state index in [-0.39, 0.29) is 0 Å². The van der Waals surface area contributed by atoms with E-state index in [0.29, 0.717) is 6.61 Å². The normalized spacial score (nSPS) is 15.3. The Bertz CT molecular complexity index is 210. The molecule has 1 atom stereocenters. The van der Waals surface area contributed by atoms with Crippen LogP contribution in [0.3, 0.4) is 0 Å². The molecule has 0 aromatic heterocycles. The molecule has 1 unspecified atom stereocenters. The van der Waals surface area contributed by atoms with Crippen LogP contribution in [0.15, 0.2) is 0 Å². The van der Waals surface area contributed by atoms with Crippen LogP contribution in [0.5, 0.6) is 0 Å². The van der Waals surface area contributed by atoms with Crippen LogP contribution in [0.25, 0.3) is 0 Å². The zero-order valence-corrected chi connectivity index (χ0v) is 12.8. The Morgan fingerprint density at radius 2 is 1.62 bits per heavy atom. The van der Waals surface area contributed by atoms with Crippen molar-refractivity contribution in [1.29, 1.82) is 0 Å². The van der Waals surface area contributed by atoms with Gasteiger partial charge in [-0.1, -0.05) is 27.2 Å². The van der Waals surface area contributed by atoms with Crippen molar-refractivity contribution in [1.82, 2.24) is 4.90 Å². The highest BCUT2D eigenvalue weighted by atomic mass is 32.5. The third-order valence-electron chi connectivity index (χ3n) is 2.45. The lowest BCUT2D eigenvalue weighted by Crippen LogP contribution is -2.26. The van der Waals surface area contributed by atoms with Crippen LogP contribution in [-0.4, -0.2) is 44.4 Å². The fourth-order valence-corrected chi connectivity index (χ4v) is 2.68. The molecule has 0 N–H and O–H groups in total. The number of hydrogen-bond donors (Lipinski definition) is 0. The van der Waals surface area contributed by atoms with Crippen molar-refractivity contribution < 1.29 is 9.05 Å². The van der Waals surface area contributed by atoms with Gasteiger partial charge in [-0.3, -0.25) is 0 Å². The Morgan fingerprint density at radius 3 is 2.12 bits per heavy atom. The maximum atomic E-state index is 5.67. The standard InChI is InChI=1S/C11H26NO2PS/c1-5-8-10-13-15(4,16)14-11-9-12(6-2)7-3/h5-11H2,1-4H3. The topological polar surface area (TPSA) is 21.7 Å². The Kier molecular flexibility index (Phi) is 9.87. The predicted octanol–water partition coefficient (Wildman–Crippen LogP) is 3.10. The minimum atomic E-state index is -1.99. The molecule has 0 aliphatic heterocycles. The molecule has 0 aromatic rings. The molecule has 0 amide bonds. The van der Waals surface area contributed by atoms with Gasteiger partial charge in [-0.2, -0.15) is 0 Å². The van der Waals surface area contributed by atoms with Gasteiger partial charge in [0.2, 0.25) is 0 Å². The summed E-state index contributed by atoms with van der Waals surface area (Å²) in [5, 5.41) is 0. The van der Waals surface area contributed by atoms with Gasteiger partial charge in [-0.15, -0.1) is 0 Å². The first-order valence-electron chi connectivity index (χ1n) is 6.14. The first kappa shape index (κ1) is 16.5. The second kappa shape index (κ2) is 9.55. The summed E-state index contributed by atoms with van der Waals surface area (Å²) in [5.74, 6) is 0. The predicted molar refractivity (Wildman–Crippen MR) is 74.8 cm³/mol. The Hall–Kier alpha value is 0.530. The molecular weight excluding hydrogens is 241 g/mol. The molecule has 3 nitrogen and oxygen atoms in total. The molecular formula is C11H26NO2PS. The number of unbranched alkanes of at least 4 members (excludes halogenated alkanes) is 1. The molecule has 0 heterocycles. The molecule has 0 radical (unpaired) electrons. The third kappa shape index (κ3) is 8.66. The first-order chi connectivity index (χ1) is 7.55.